The maximum Gasteiger partial charge on any atom is 0.337 e. The number of hydrogen-bond donors (Lipinski definition) is 8. The summed E-state index contributed by atoms with van der Waals surface area (Å²) in [4.78, 5) is 26.0. The van der Waals surface area contributed by atoms with E-state index < -0.39 is 105 Å². The smallest absolute Gasteiger partial charge is 0.337 e. The van der Waals surface area contributed by atoms with Crippen molar-refractivity contribution in [2.24, 2.45) is 5.92 Å². The molecular weight excluding hydrogens is 644 g/mol. The fourth-order valence-corrected chi connectivity index (χ4v) is 5.58. The number of methoxy groups -OCH3 is 1. The Hall–Kier alpha value is -3.20. The number of rotatable bonds is 12. The molecule has 3 heterocycles. The average molecular weight is 687 g/mol. The maximum atomic E-state index is 13.3. The quantitative estimate of drug-likeness (QED) is 0.0834. The maximum absolute atomic E-state index is 13.3. The van der Waals surface area contributed by atoms with Crippen molar-refractivity contribution in [2.45, 2.75) is 87.5 Å². The summed E-state index contributed by atoms with van der Waals surface area (Å²) in [6, 6.07) is 6.37. The number of allylic oxidation sites excluding steroid dienone is 1. The average Bonchev–Trinajstić information content (AvgIpc) is 3.08. The number of benzene rings is 1. The van der Waals surface area contributed by atoms with Crippen LogP contribution in [0.15, 0.2) is 47.7 Å². The van der Waals surface area contributed by atoms with Crippen LogP contribution in [0.25, 0.3) is 0 Å². The molecule has 0 spiro atoms. The van der Waals surface area contributed by atoms with Gasteiger partial charge in [-0.25, -0.2) is 4.79 Å². The van der Waals surface area contributed by atoms with E-state index in [1.54, 1.807) is 19.1 Å². The lowest BCUT2D eigenvalue weighted by atomic mass is 9.86. The van der Waals surface area contributed by atoms with Crippen LogP contribution >= 0.6 is 0 Å². The highest BCUT2D eigenvalue weighted by atomic mass is 16.8. The van der Waals surface area contributed by atoms with E-state index in [2.05, 4.69) is 0 Å². The highest BCUT2D eigenvalue weighted by Gasteiger charge is 2.49. The fraction of sp³-hybridized carbons (Fsp3) is 0.613. The molecule has 8 N–H and O–H groups in total. The van der Waals surface area contributed by atoms with Crippen LogP contribution in [0.3, 0.4) is 0 Å². The zero-order chi connectivity index (χ0) is 35.1. The Labute approximate surface area is 275 Å². The lowest BCUT2D eigenvalue weighted by Crippen LogP contribution is -2.60. The van der Waals surface area contributed by atoms with E-state index in [4.69, 9.17) is 33.2 Å². The highest BCUT2D eigenvalue weighted by molar-refractivity contribution is 5.90. The van der Waals surface area contributed by atoms with E-state index in [0.717, 1.165) is 18.9 Å². The molecule has 4 rings (SSSR count). The Morgan fingerprint density at radius 1 is 0.875 bits per heavy atom. The molecular formula is C31H42O17. The summed E-state index contributed by atoms with van der Waals surface area (Å²) >= 11 is 0. The van der Waals surface area contributed by atoms with Gasteiger partial charge >= 0.3 is 11.9 Å². The number of esters is 2. The summed E-state index contributed by atoms with van der Waals surface area (Å²) in [5.41, 5.74) is 0.851. The molecule has 0 unspecified atom stereocenters. The van der Waals surface area contributed by atoms with Crippen LogP contribution in [0.2, 0.25) is 0 Å². The monoisotopic (exact) mass is 686 g/mol. The second-order valence-electron chi connectivity index (χ2n) is 11.4. The molecule has 0 aromatic heterocycles. The first-order chi connectivity index (χ1) is 22.9. The van der Waals surface area contributed by atoms with Crippen LogP contribution in [0.4, 0.5) is 0 Å². The lowest BCUT2D eigenvalue weighted by molar-refractivity contribution is -0.327. The van der Waals surface area contributed by atoms with Gasteiger partial charge in [-0.1, -0.05) is 18.2 Å². The molecule has 3 aliphatic rings. The van der Waals surface area contributed by atoms with Crippen LogP contribution in [0, 0.1) is 5.92 Å². The predicted molar refractivity (Wildman–Crippen MR) is 157 cm³/mol. The molecule has 3 aliphatic heterocycles. The van der Waals surface area contributed by atoms with Gasteiger partial charge in [-0.15, -0.1) is 0 Å². The summed E-state index contributed by atoms with van der Waals surface area (Å²) < 4.78 is 38.2. The van der Waals surface area contributed by atoms with E-state index >= 15 is 0 Å². The van der Waals surface area contributed by atoms with Gasteiger partial charge in [0.1, 0.15) is 48.5 Å². The molecule has 48 heavy (non-hydrogen) atoms. The van der Waals surface area contributed by atoms with Crippen molar-refractivity contribution in [1.29, 1.82) is 0 Å². The molecule has 17 nitrogen and oxygen atoms in total. The number of aliphatic hydroxyl groups excluding tert-OH is 7. The number of carbonyl (C=O) groups excluding carboxylic acids is 2. The number of carbonyl (C=O) groups is 2. The van der Waals surface area contributed by atoms with Crippen molar-refractivity contribution < 1.29 is 83.6 Å². The number of aromatic hydroxyl groups is 1. The van der Waals surface area contributed by atoms with Crippen LogP contribution in [-0.4, -0.2) is 147 Å². The Morgan fingerprint density at radius 2 is 1.52 bits per heavy atom. The summed E-state index contributed by atoms with van der Waals surface area (Å²) in [5.74, 6) is -2.88. The molecule has 0 aliphatic carbocycles. The minimum absolute atomic E-state index is 0.0483. The van der Waals surface area contributed by atoms with Gasteiger partial charge in [0.15, 0.2) is 18.7 Å². The summed E-state index contributed by atoms with van der Waals surface area (Å²) in [5, 5.41) is 81.1. The normalized spacial score (nSPS) is 36.2. The van der Waals surface area contributed by atoms with E-state index in [0.29, 0.717) is 6.42 Å². The number of phenolic OH excluding ortho intramolecular Hbond substituents is 1. The Balaban J connectivity index is 1.43. The fourth-order valence-electron chi connectivity index (χ4n) is 5.58. The Kier molecular flexibility index (Phi) is 13.3. The number of phenols is 1. The van der Waals surface area contributed by atoms with E-state index in [-0.39, 0.29) is 23.5 Å². The molecule has 2 fully saturated rings. The van der Waals surface area contributed by atoms with Crippen molar-refractivity contribution in [2.75, 3.05) is 26.9 Å². The molecule has 17 heteroatoms. The van der Waals surface area contributed by atoms with Crippen molar-refractivity contribution >= 4 is 11.9 Å². The van der Waals surface area contributed by atoms with E-state index in [9.17, 15) is 50.4 Å². The second kappa shape index (κ2) is 17.0. The third kappa shape index (κ3) is 8.50. The van der Waals surface area contributed by atoms with Crippen LogP contribution < -0.4 is 0 Å². The zero-order valence-electron chi connectivity index (χ0n) is 26.2. The van der Waals surface area contributed by atoms with Crippen molar-refractivity contribution in [3.63, 3.8) is 0 Å². The third-order valence-electron chi connectivity index (χ3n) is 8.30. The Bertz CT molecular complexity index is 1280. The molecule has 2 saturated heterocycles. The van der Waals surface area contributed by atoms with E-state index in [1.807, 2.05) is 0 Å². The van der Waals surface area contributed by atoms with Crippen LogP contribution in [-0.2, 0) is 49.2 Å². The van der Waals surface area contributed by atoms with Crippen molar-refractivity contribution in [3.8, 4) is 5.75 Å². The van der Waals surface area contributed by atoms with Crippen molar-refractivity contribution in [1.82, 2.24) is 0 Å². The summed E-state index contributed by atoms with van der Waals surface area (Å²) in [7, 11) is 1.11. The molecule has 268 valence electrons. The van der Waals surface area contributed by atoms with Crippen LogP contribution in [0.5, 0.6) is 5.75 Å². The predicted octanol–water partition coefficient (Wildman–Crippen LogP) is -2.52. The number of aliphatic hydroxyl groups is 7. The SMILES string of the molecule is C/C=C1/[C@H](O[C@@H]2O[C@@H](CO)[C@@H](O)[C@H](O)[C@H]2O)OC=C(C(=O)OC)[C@H]1CC(=O)O[C@H]1[C@H](O)[C@@H](O)[C@H](OCCc2ccc(O)cc2)O[C@@H]1CO. The van der Waals surface area contributed by atoms with Gasteiger partial charge in [0.2, 0.25) is 6.29 Å². The van der Waals surface area contributed by atoms with Crippen molar-refractivity contribution in [3.05, 3.63) is 53.3 Å². The van der Waals surface area contributed by atoms with Gasteiger partial charge in [0.05, 0.1) is 45.2 Å². The number of hydrogen-bond acceptors (Lipinski definition) is 17. The van der Waals surface area contributed by atoms with Gasteiger partial charge in [-0.05, 0) is 31.0 Å². The van der Waals surface area contributed by atoms with Gasteiger partial charge < -0.3 is 74.0 Å². The summed E-state index contributed by atoms with van der Waals surface area (Å²) in [6.45, 7) is 0.159. The first-order valence-electron chi connectivity index (χ1n) is 15.2. The molecule has 1 aromatic carbocycles. The topological polar surface area (TPSA) is 261 Å². The van der Waals surface area contributed by atoms with Gasteiger partial charge in [0.25, 0.3) is 0 Å². The molecule has 0 saturated carbocycles. The molecule has 0 radical (unpaired) electrons. The minimum atomic E-state index is -1.77. The van der Waals surface area contributed by atoms with Gasteiger partial charge in [-0.3, -0.25) is 4.79 Å². The second-order valence-corrected chi connectivity index (χ2v) is 11.4. The standard InChI is InChI=1S/C31H42O17/c1-3-16-17(18(28(41)42-2)13-44-29(16)48-31-25(39)23(37)22(36)19(11-32)45-31)10-21(35)47-27-20(12-33)46-30(26(40)24(27)38)43-9-8-14-4-6-15(34)7-5-14/h3-7,13,17,19-20,22-27,29-34,36-40H,8-12H2,1-2H3/b16-3+/t17-,19-,20+,22+,23-,24+,25+,26+,27+,29-,30+,31-/m0/s1. The Morgan fingerprint density at radius 3 is 2.15 bits per heavy atom. The lowest BCUT2D eigenvalue weighted by Gasteiger charge is -2.42. The number of ether oxygens (including phenoxy) is 7. The zero-order valence-corrected chi connectivity index (χ0v) is 26.2. The molecule has 0 bridgehead atoms. The molecule has 1 aromatic rings. The minimum Gasteiger partial charge on any atom is -0.508 e. The largest absolute Gasteiger partial charge is 0.508 e. The van der Waals surface area contributed by atoms with E-state index in [1.165, 1.54) is 18.2 Å². The summed E-state index contributed by atoms with van der Waals surface area (Å²) in [6.07, 6.45) is -14.8. The van der Waals surface area contributed by atoms with Crippen LogP contribution in [0.1, 0.15) is 18.9 Å². The molecule has 0 amide bonds. The molecule has 12 atom stereocenters. The highest BCUT2D eigenvalue weighted by Crippen LogP contribution is 2.37. The van der Waals surface area contributed by atoms with Gasteiger partial charge in [0, 0.05) is 11.5 Å². The van der Waals surface area contributed by atoms with Gasteiger partial charge in [-0.2, -0.15) is 0 Å². The first-order valence-corrected chi connectivity index (χ1v) is 15.2. The first kappa shape index (κ1) is 37.6. The third-order valence-corrected chi connectivity index (χ3v) is 8.30.